The van der Waals surface area contributed by atoms with Crippen LogP contribution in [-0.4, -0.2) is 29.2 Å². The molecule has 0 bridgehead atoms. The molecule has 1 aliphatic heterocycles. The lowest BCUT2D eigenvalue weighted by Crippen LogP contribution is -2.18. The van der Waals surface area contributed by atoms with Crippen LogP contribution in [0.5, 0.6) is 0 Å². The Balaban J connectivity index is 0.000000654. The number of ether oxygens (including phenoxy) is 1. The predicted molar refractivity (Wildman–Crippen MR) is 133 cm³/mol. The molecule has 1 heterocycles. The van der Waals surface area contributed by atoms with Crippen LogP contribution in [0.4, 0.5) is 5.69 Å². The summed E-state index contributed by atoms with van der Waals surface area (Å²) >= 11 is 0. The summed E-state index contributed by atoms with van der Waals surface area (Å²) in [5, 5.41) is 11.6. The van der Waals surface area contributed by atoms with Crippen LogP contribution in [0.1, 0.15) is 71.4 Å². The van der Waals surface area contributed by atoms with E-state index in [0.29, 0.717) is 12.2 Å². The number of carbonyl (C=O) groups is 2. The number of nitrogens with one attached hydrogen (secondary N) is 1. The standard InChI is InChI=1S/C22H26NO3P.C4H10O/c1-5-26-20(24)10-17-14(3)18-11-27-12-19(18)15(4)21(17)23-22(25)16-8-6-13(2)7-9-16;1-4(2,3)5/h6-9,27H,5,10-12H2,1-4H3,(H,23,25);5H,1-3H3. The second-order valence-electron chi connectivity index (χ2n) is 9.14. The van der Waals surface area contributed by atoms with Crippen molar-refractivity contribution in [3.05, 3.63) is 63.2 Å². The molecule has 2 N–H and O–H groups in total. The summed E-state index contributed by atoms with van der Waals surface area (Å²) in [5.74, 6) is -0.408. The summed E-state index contributed by atoms with van der Waals surface area (Å²) in [5.41, 5.74) is 7.76. The van der Waals surface area contributed by atoms with Crippen LogP contribution in [0, 0.1) is 20.8 Å². The highest BCUT2D eigenvalue weighted by Gasteiger charge is 2.25. The number of anilines is 1. The Morgan fingerprint density at radius 2 is 1.56 bits per heavy atom. The molecule has 0 saturated heterocycles. The van der Waals surface area contributed by atoms with Gasteiger partial charge in [-0.3, -0.25) is 9.59 Å². The third-order valence-electron chi connectivity index (χ3n) is 5.18. The Kier molecular flexibility index (Phi) is 9.00. The molecule has 0 saturated carbocycles. The van der Waals surface area contributed by atoms with Gasteiger partial charge in [-0.25, -0.2) is 0 Å². The van der Waals surface area contributed by atoms with E-state index in [-0.39, 0.29) is 18.3 Å². The Morgan fingerprint density at radius 3 is 2.09 bits per heavy atom. The van der Waals surface area contributed by atoms with Crippen molar-refractivity contribution in [2.24, 2.45) is 0 Å². The normalized spacial score (nSPS) is 13.2. The number of hydrogen-bond donors (Lipinski definition) is 2. The van der Waals surface area contributed by atoms with E-state index in [1.165, 1.54) is 11.1 Å². The van der Waals surface area contributed by atoms with Gasteiger partial charge in [0, 0.05) is 11.3 Å². The van der Waals surface area contributed by atoms with E-state index in [2.05, 4.69) is 12.2 Å². The first-order chi connectivity index (χ1) is 14.9. The zero-order chi connectivity index (χ0) is 24.1. The van der Waals surface area contributed by atoms with Crippen molar-refractivity contribution >= 4 is 26.1 Å². The van der Waals surface area contributed by atoms with E-state index in [1.54, 1.807) is 27.7 Å². The van der Waals surface area contributed by atoms with Crippen LogP contribution in [0.15, 0.2) is 24.3 Å². The number of esters is 1. The number of fused-ring (bicyclic) bond motifs is 1. The van der Waals surface area contributed by atoms with Crippen molar-refractivity contribution in [1.82, 2.24) is 0 Å². The third kappa shape index (κ3) is 7.15. The first kappa shape index (κ1) is 26.0. The molecule has 32 heavy (non-hydrogen) atoms. The van der Waals surface area contributed by atoms with Crippen molar-refractivity contribution in [1.29, 1.82) is 0 Å². The Labute approximate surface area is 193 Å². The highest BCUT2D eigenvalue weighted by Crippen LogP contribution is 2.43. The van der Waals surface area contributed by atoms with Crippen LogP contribution < -0.4 is 5.32 Å². The monoisotopic (exact) mass is 457 g/mol. The van der Waals surface area contributed by atoms with Crippen LogP contribution >= 0.6 is 8.58 Å². The van der Waals surface area contributed by atoms with Crippen LogP contribution in [0.3, 0.4) is 0 Å². The van der Waals surface area contributed by atoms with E-state index >= 15 is 0 Å². The molecule has 1 aliphatic rings. The summed E-state index contributed by atoms with van der Waals surface area (Å²) in [4.78, 5) is 25.0. The third-order valence-corrected chi connectivity index (χ3v) is 6.39. The molecule has 0 spiro atoms. The fourth-order valence-electron chi connectivity index (χ4n) is 3.63. The van der Waals surface area contributed by atoms with Gasteiger partial charge in [0.1, 0.15) is 0 Å². The van der Waals surface area contributed by atoms with Crippen molar-refractivity contribution < 1.29 is 19.4 Å². The average Bonchev–Trinajstić information content (AvgIpc) is 3.18. The van der Waals surface area contributed by atoms with Crippen LogP contribution in [-0.2, 0) is 28.3 Å². The maximum Gasteiger partial charge on any atom is 0.310 e. The molecular weight excluding hydrogens is 421 g/mol. The second-order valence-corrected chi connectivity index (χ2v) is 10.3. The van der Waals surface area contributed by atoms with Crippen molar-refractivity contribution in [3.8, 4) is 0 Å². The summed E-state index contributed by atoms with van der Waals surface area (Å²) in [6, 6.07) is 7.51. The van der Waals surface area contributed by atoms with Crippen LogP contribution in [0.25, 0.3) is 0 Å². The first-order valence-electron chi connectivity index (χ1n) is 11.0. The number of carbonyl (C=O) groups excluding carboxylic acids is 2. The zero-order valence-electron chi connectivity index (χ0n) is 20.3. The number of aliphatic hydroxyl groups is 1. The molecule has 0 aliphatic carbocycles. The maximum atomic E-state index is 12.8. The largest absolute Gasteiger partial charge is 0.466 e. The minimum Gasteiger partial charge on any atom is -0.466 e. The molecule has 2 aromatic carbocycles. The van der Waals surface area contributed by atoms with Crippen LogP contribution in [0.2, 0.25) is 0 Å². The Morgan fingerprint density at radius 1 is 1.03 bits per heavy atom. The van der Waals surface area contributed by atoms with Crippen molar-refractivity contribution in [3.63, 3.8) is 0 Å². The molecular formula is C26H36NO4P. The van der Waals surface area contributed by atoms with E-state index in [1.807, 2.05) is 38.1 Å². The van der Waals surface area contributed by atoms with Gasteiger partial charge in [0.15, 0.2) is 0 Å². The lowest BCUT2D eigenvalue weighted by molar-refractivity contribution is -0.142. The average molecular weight is 458 g/mol. The summed E-state index contributed by atoms with van der Waals surface area (Å²) in [6.45, 7) is 13.5. The Hall–Kier alpha value is -2.23. The van der Waals surface area contributed by atoms with Crippen molar-refractivity contribution in [2.45, 2.75) is 72.8 Å². The minimum absolute atomic E-state index is 0.150. The number of rotatable bonds is 5. The van der Waals surface area contributed by atoms with Gasteiger partial charge in [-0.05, 0) is 101 Å². The topological polar surface area (TPSA) is 75.6 Å². The smallest absolute Gasteiger partial charge is 0.310 e. The predicted octanol–water partition coefficient (Wildman–Crippen LogP) is 5.44. The maximum absolute atomic E-state index is 12.8. The highest BCUT2D eigenvalue weighted by atomic mass is 31.1. The lowest BCUT2D eigenvalue weighted by atomic mass is 9.90. The molecule has 174 valence electrons. The molecule has 2 aromatic rings. The molecule has 1 atom stereocenters. The molecule has 5 nitrogen and oxygen atoms in total. The summed E-state index contributed by atoms with van der Waals surface area (Å²) in [7, 11) is 0.866. The zero-order valence-corrected chi connectivity index (χ0v) is 21.3. The van der Waals surface area contributed by atoms with E-state index < -0.39 is 5.60 Å². The number of amides is 1. The number of benzene rings is 2. The fourth-order valence-corrected chi connectivity index (χ4v) is 5.21. The molecule has 0 radical (unpaired) electrons. The van der Waals surface area contributed by atoms with Crippen molar-refractivity contribution in [2.75, 3.05) is 11.9 Å². The summed E-state index contributed by atoms with van der Waals surface area (Å²) in [6.07, 6.45) is 2.29. The minimum atomic E-state index is -0.500. The highest BCUT2D eigenvalue weighted by molar-refractivity contribution is 7.36. The molecule has 1 amide bonds. The van der Waals surface area contributed by atoms with Gasteiger partial charge in [0.05, 0.1) is 18.6 Å². The summed E-state index contributed by atoms with van der Waals surface area (Å²) < 4.78 is 5.17. The van der Waals surface area contributed by atoms with Gasteiger partial charge in [-0.15, -0.1) is 8.58 Å². The molecule has 3 rings (SSSR count). The number of hydrogen-bond acceptors (Lipinski definition) is 4. The molecule has 0 aromatic heterocycles. The van der Waals surface area contributed by atoms with Gasteiger partial charge in [-0.2, -0.15) is 0 Å². The first-order valence-corrected chi connectivity index (χ1v) is 12.4. The van der Waals surface area contributed by atoms with Gasteiger partial charge in [-0.1, -0.05) is 17.7 Å². The van der Waals surface area contributed by atoms with E-state index in [9.17, 15) is 9.59 Å². The SMILES string of the molecule is CC(C)(C)O.CCOC(=O)Cc1c(C)c2c(c(C)c1NC(=O)c1ccc(C)cc1)CPC2. The number of aryl methyl sites for hydroxylation is 1. The van der Waals surface area contributed by atoms with Gasteiger partial charge >= 0.3 is 5.97 Å². The Bertz CT molecular complexity index is 969. The molecule has 1 unspecified atom stereocenters. The molecule has 0 fully saturated rings. The van der Waals surface area contributed by atoms with E-state index in [4.69, 9.17) is 9.84 Å². The quantitative estimate of drug-likeness (QED) is 0.463. The van der Waals surface area contributed by atoms with Gasteiger partial charge in [0.2, 0.25) is 0 Å². The second kappa shape index (κ2) is 11.1. The van der Waals surface area contributed by atoms with Gasteiger partial charge in [0.25, 0.3) is 5.91 Å². The van der Waals surface area contributed by atoms with Gasteiger partial charge < -0.3 is 15.2 Å². The lowest BCUT2D eigenvalue weighted by Gasteiger charge is -2.21. The fraction of sp³-hybridized carbons (Fsp3) is 0.462. The molecule has 6 heteroatoms. The van der Waals surface area contributed by atoms with E-state index in [0.717, 1.165) is 48.8 Å².